The van der Waals surface area contributed by atoms with Crippen molar-refractivity contribution in [3.63, 3.8) is 0 Å². The van der Waals surface area contributed by atoms with Crippen LogP contribution in [0, 0.1) is 6.92 Å². The predicted molar refractivity (Wildman–Crippen MR) is 77.4 cm³/mol. The molecule has 5 nitrogen and oxygen atoms in total. The van der Waals surface area contributed by atoms with Gasteiger partial charge in [0.15, 0.2) is 0 Å². The van der Waals surface area contributed by atoms with Crippen LogP contribution in [0.5, 0.6) is 5.75 Å². The highest BCUT2D eigenvalue weighted by Crippen LogP contribution is 2.29. The molecule has 108 valence electrons. The van der Waals surface area contributed by atoms with E-state index in [2.05, 4.69) is 5.32 Å². The second-order valence-electron chi connectivity index (χ2n) is 4.66. The van der Waals surface area contributed by atoms with Crippen LogP contribution in [0.3, 0.4) is 0 Å². The molecule has 1 amide bonds. The summed E-state index contributed by atoms with van der Waals surface area (Å²) in [5, 5.41) is 3.56. The molecule has 0 bridgehead atoms. The summed E-state index contributed by atoms with van der Waals surface area (Å²) >= 11 is 0. The summed E-state index contributed by atoms with van der Waals surface area (Å²) in [6.07, 6.45) is 1.57. The second-order valence-corrected chi connectivity index (χ2v) is 4.66. The van der Waals surface area contributed by atoms with Crippen LogP contribution < -0.4 is 10.1 Å². The molecule has 0 fully saturated rings. The summed E-state index contributed by atoms with van der Waals surface area (Å²) in [6, 6.07) is 8.99. The van der Waals surface area contributed by atoms with Gasteiger partial charge >= 0.3 is 0 Å². The summed E-state index contributed by atoms with van der Waals surface area (Å²) in [5.41, 5.74) is 1.19. The second kappa shape index (κ2) is 5.36. The van der Waals surface area contributed by atoms with Gasteiger partial charge in [0.1, 0.15) is 22.9 Å². The van der Waals surface area contributed by atoms with Crippen LogP contribution in [0.25, 0.3) is 11.0 Å². The molecule has 0 radical (unpaired) electrons. The molecule has 1 N–H and O–H groups in total. The molecule has 0 aliphatic heterocycles. The topological polar surface area (TPSA) is 64.6 Å². The van der Waals surface area contributed by atoms with E-state index >= 15 is 0 Å². The maximum absolute atomic E-state index is 12.4. The van der Waals surface area contributed by atoms with Crippen molar-refractivity contribution in [1.29, 1.82) is 0 Å². The molecule has 5 heteroatoms. The summed E-state index contributed by atoms with van der Waals surface area (Å²) in [7, 11) is 1.59. The molecule has 0 spiro atoms. The van der Waals surface area contributed by atoms with Crippen LogP contribution in [0.4, 0.5) is 0 Å². The van der Waals surface area contributed by atoms with Crippen molar-refractivity contribution < 1.29 is 18.4 Å². The van der Waals surface area contributed by atoms with Crippen LogP contribution in [0.1, 0.15) is 21.9 Å². The van der Waals surface area contributed by atoms with Crippen molar-refractivity contribution in [2.24, 2.45) is 0 Å². The molecule has 3 aromatic rings. The lowest BCUT2D eigenvalue weighted by Crippen LogP contribution is -2.22. The Bertz CT molecular complexity index is 771. The molecular weight excluding hydrogens is 270 g/mol. The minimum atomic E-state index is -0.198. The zero-order valence-corrected chi connectivity index (χ0v) is 11.8. The van der Waals surface area contributed by atoms with Gasteiger partial charge < -0.3 is 18.9 Å². The number of ether oxygens (including phenoxy) is 1. The standard InChI is InChI=1S/C16H15NO4/c1-10-15(16(18)17-9-12-4-3-7-20-12)13-8-11(19-2)5-6-14(13)21-10/h3-8H,9H2,1-2H3,(H,17,18). The Labute approximate surface area is 121 Å². The van der Waals surface area contributed by atoms with Gasteiger partial charge in [-0.05, 0) is 37.3 Å². The number of nitrogens with one attached hydrogen (secondary N) is 1. The van der Waals surface area contributed by atoms with Crippen molar-refractivity contribution in [2.45, 2.75) is 13.5 Å². The Morgan fingerprint density at radius 1 is 1.33 bits per heavy atom. The van der Waals surface area contributed by atoms with E-state index in [1.807, 2.05) is 6.07 Å². The van der Waals surface area contributed by atoms with E-state index in [0.29, 0.717) is 35.0 Å². The molecule has 3 rings (SSSR count). The van der Waals surface area contributed by atoms with Gasteiger partial charge in [0, 0.05) is 5.39 Å². The predicted octanol–water partition coefficient (Wildman–Crippen LogP) is 3.27. The van der Waals surface area contributed by atoms with Gasteiger partial charge in [-0.15, -0.1) is 0 Å². The molecule has 0 atom stereocenters. The van der Waals surface area contributed by atoms with E-state index in [1.54, 1.807) is 44.6 Å². The third kappa shape index (κ3) is 2.50. The minimum Gasteiger partial charge on any atom is -0.497 e. The molecule has 0 aliphatic carbocycles. The number of benzene rings is 1. The van der Waals surface area contributed by atoms with Crippen LogP contribution in [-0.2, 0) is 6.54 Å². The number of furan rings is 2. The van der Waals surface area contributed by atoms with Gasteiger partial charge in [-0.2, -0.15) is 0 Å². The maximum atomic E-state index is 12.4. The fraction of sp³-hybridized carbons (Fsp3) is 0.188. The van der Waals surface area contributed by atoms with Crippen molar-refractivity contribution in [2.75, 3.05) is 7.11 Å². The van der Waals surface area contributed by atoms with Gasteiger partial charge in [0.2, 0.25) is 0 Å². The number of aryl methyl sites for hydroxylation is 1. The number of carbonyl (C=O) groups is 1. The lowest BCUT2D eigenvalue weighted by Gasteiger charge is -2.03. The Hall–Kier alpha value is -2.69. The van der Waals surface area contributed by atoms with Gasteiger partial charge in [-0.3, -0.25) is 4.79 Å². The number of rotatable bonds is 4. The van der Waals surface area contributed by atoms with Gasteiger partial charge in [0.25, 0.3) is 5.91 Å². The van der Waals surface area contributed by atoms with Crippen molar-refractivity contribution in [3.05, 3.63) is 53.7 Å². The number of hydrogen-bond donors (Lipinski definition) is 1. The molecule has 0 saturated carbocycles. The van der Waals surface area contributed by atoms with Gasteiger partial charge in [0.05, 0.1) is 25.5 Å². The SMILES string of the molecule is COc1ccc2oc(C)c(C(=O)NCc3ccco3)c2c1. The number of carbonyl (C=O) groups excluding carboxylic acids is 1. The summed E-state index contributed by atoms with van der Waals surface area (Å²) in [4.78, 5) is 12.4. The fourth-order valence-electron chi connectivity index (χ4n) is 2.28. The first kappa shape index (κ1) is 13.3. The molecule has 21 heavy (non-hydrogen) atoms. The van der Waals surface area contributed by atoms with E-state index in [1.165, 1.54) is 0 Å². The number of amides is 1. The monoisotopic (exact) mass is 285 g/mol. The Kier molecular flexibility index (Phi) is 3.39. The highest BCUT2D eigenvalue weighted by Gasteiger charge is 2.18. The first-order chi connectivity index (χ1) is 10.2. The summed E-state index contributed by atoms with van der Waals surface area (Å²) in [6.45, 7) is 2.11. The first-order valence-electron chi connectivity index (χ1n) is 6.57. The number of fused-ring (bicyclic) bond motifs is 1. The van der Waals surface area contributed by atoms with E-state index in [4.69, 9.17) is 13.6 Å². The molecule has 0 aliphatic rings. The maximum Gasteiger partial charge on any atom is 0.255 e. The smallest absolute Gasteiger partial charge is 0.255 e. The highest BCUT2D eigenvalue weighted by molar-refractivity contribution is 6.07. The van der Waals surface area contributed by atoms with Crippen LogP contribution >= 0.6 is 0 Å². The van der Waals surface area contributed by atoms with Crippen LogP contribution in [0.2, 0.25) is 0 Å². The third-order valence-corrected chi connectivity index (χ3v) is 3.30. The lowest BCUT2D eigenvalue weighted by atomic mass is 10.1. The normalized spacial score (nSPS) is 10.8. The Morgan fingerprint density at radius 3 is 2.90 bits per heavy atom. The Balaban J connectivity index is 1.91. The summed E-state index contributed by atoms with van der Waals surface area (Å²) in [5.74, 6) is 1.76. The fourth-order valence-corrected chi connectivity index (χ4v) is 2.28. The average Bonchev–Trinajstić information content (AvgIpc) is 3.10. The molecule has 2 aromatic heterocycles. The van der Waals surface area contributed by atoms with Crippen LogP contribution in [0.15, 0.2) is 45.4 Å². The molecule has 0 unspecified atom stereocenters. The quantitative estimate of drug-likeness (QED) is 0.799. The molecule has 0 saturated heterocycles. The summed E-state index contributed by atoms with van der Waals surface area (Å²) < 4.78 is 16.0. The van der Waals surface area contributed by atoms with E-state index in [0.717, 1.165) is 5.39 Å². The zero-order chi connectivity index (χ0) is 14.8. The number of methoxy groups -OCH3 is 1. The third-order valence-electron chi connectivity index (χ3n) is 3.30. The van der Waals surface area contributed by atoms with E-state index in [9.17, 15) is 4.79 Å². The Morgan fingerprint density at radius 2 is 2.19 bits per heavy atom. The van der Waals surface area contributed by atoms with E-state index in [-0.39, 0.29) is 5.91 Å². The molecule has 1 aromatic carbocycles. The zero-order valence-electron chi connectivity index (χ0n) is 11.8. The van der Waals surface area contributed by atoms with Crippen molar-refractivity contribution in [1.82, 2.24) is 5.32 Å². The minimum absolute atomic E-state index is 0.198. The largest absolute Gasteiger partial charge is 0.497 e. The average molecular weight is 285 g/mol. The van der Waals surface area contributed by atoms with Gasteiger partial charge in [-0.25, -0.2) is 0 Å². The van der Waals surface area contributed by atoms with E-state index < -0.39 is 0 Å². The number of hydrogen-bond acceptors (Lipinski definition) is 4. The highest BCUT2D eigenvalue weighted by atomic mass is 16.5. The van der Waals surface area contributed by atoms with Crippen LogP contribution in [-0.4, -0.2) is 13.0 Å². The first-order valence-corrected chi connectivity index (χ1v) is 6.57. The van der Waals surface area contributed by atoms with Crippen molar-refractivity contribution >= 4 is 16.9 Å². The van der Waals surface area contributed by atoms with Gasteiger partial charge in [-0.1, -0.05) is 0 Å². The molecular formula is C16H15NO4. The lowest BCUT2D eigenvalue weighted by molar-refractivity contribution is 0.0948. The van der Waals surface area contributed by atoms with Crippen molar-refractivity contribution in [3.8, 4) is 5.75 Å². The molecule has 2 heterocycles.